The Hall–Kier alpha value is -2.50. The number of nitrogens with zero attached hydrogens (tertiary/aromatic N) is 1. The third kappa shape index (κ3) is 4.32. The van der Waals surface area contributed by atoms with Gasteiger partial charge in [0.05, 0.1) is 11.1 Å². The second-order valence-corrected chi connectivity index (χ2v) is 9.87. The second-order valence-electron chi connectivity index (χ2n) is 9.87. The third-order valence-electron chi connectivity index (χ3n) is 6.20. The first-order valence-corrected chi connectivity index (χ1v) is 11.1. The van der Waals surface area contributed by atoms with Gasteiger partial charge in [-0.2, -0.15) is 0 Å². The summed E-state index contributed by atoms with van der Waals surface area (Å²) in [6, 6.07) is 6.11. The number of hydrogen-bond donors (Lipinski definition) is 2. The molecule has 0 radical (unpaired) electrons. The summed E-state index contributed by atoms with van der Waals surface area (Å²) in [6.45, 7) is 9.13. The monoisotopic (exact) mass is 411 g/mol. The van der Waals surface area contributed by atoms with Crippen molar-refractivity contribution in [1.82, 2.24) is 15.2 Å². The first-order valence-electron chi connectivity index (χ1n) is 11.1. The molecule has 2 N–H and O–H groups in total. The summed E-state index contributed by atoms with van der Waals surface area (Å²) >= 11 is 0. The van der Waals surface area contributed by atoms with Crippen molar-refractivity contribution in [3.05, 3.63) is 35.0 Å². The topological polar surface area (TPSA) is 74.4 Å². The van der Waals surface area contributed by atoms with Gasteiger partial charge < -0.3 is 19.9 Å². The molecule has 1 unspecified atom stereocenters. The zero-order valence-corrected chi connectivity index (χ0v) is 18.5. The van der Waals surface area contributed by atoms with Gasteiger partial charge in [0.15, 0.2) is 0 Å². The van der Waals surface area contributed by atoms with Crippen molar-refractivity contribution in [2.75, 3.05) is 13.1 Å². The van der Waals surface area contributed by atoms with E-state index in [0.29, 0.717) is 19.0 Å². The summed E-state index contributed by atoms with van der Waals surface area (Å²) in [5.74, 6) is 0.760. The Morgan fingerprint density at radius 3 is 2.60 bits per heavy atom. The lowest BCUT2D eigenvalue weighted by Gasteiger charge is -2.33. The number of benzene rings is 1. The highest BCUT2D eigenvalue weighted by Crippen LogP contribution is 2.33. The normalized spacial score (nSPS) is 20.1. The fourth-order valence-corrected chi connectivity index (χ4v) is 4.66. The van der Waals surface area contributed by atoms with Crippen LogP contribution in [0.4, 0.5) is 4.79 Å². The Morgan fingerprint density at radius 2 is 1.90 bits per heavy atom. The number of fused-ring (bicyclic) bond motifs is 3. The second kappa shape index (κ2) is 7.97. The molecule has 1 aromatic carbocycles. The lowest BCUT2D eigenvalue weighted by molar-refractivity contribution is 0.0474. The standard InChI is InChI=1S/C24H33N3O3/c1-15-8-9-20-19(14-15)17-6-5-7-18(21(17)26-20)22(28)27-12-10-16(11-13-27)25-23(29)30-24(2,3)4/h5-7,15-16,26H,8-14H2,1-4H3,(H,25,29). The molecule has 1 saturated heterocycles. The first-order chi connectivity index (χ1) is 14.2. The third-order valence-corrected chi connectivity index (χ3v) is 6.20. The zero-order valence-electron chi connectivity index (χ0n) is 18.5. The Morgan fingerprint density at radius 1 is 1.17 bits per heavy atom. The smallest absolute Gasteiger partial charge is 0.407 e. The van der Waals surface area contributed by atoms with Gasteiger partial charge in [-0.3, -0.25) is 4.79 Å². The molecular formula is C24H33N3O3. The molecule has 1 atom stereocenters. The lowest BCUT2D eigenvalue weighted by Crippen LogP contribution is -2.47. The van der Waals surface area contributed by atoms with Crippen LogP contribution in [0.25, 0.3) is 10.9 Å². The van der Waals surface area contributed by atoms with Gasteiger partial charge in [0, 0.05) is 30.2 Å². The van der Waals surface area contributed by atoms with Gasteiger partial charge in [0.1, 0.15) is 5.60 Å². The number of aryl methyl sites for hydroxylation is 1. The fourth-order valence-electron chi connectivity index (χ4n) is 4.66. The predicted molar refractivity (Wildman–Crippen MR) is 118 cm³/mol. The summed E-state index contributed by atoms with van der Waals surface area (Å²) in [4.78, 5) is 30.8. The summed E-state index contributed by atoms with van der Waals surface area (Å²) in [5, 5.41) is 4.13. The molecule has 0 spiro atoms. The number of likely N-dealkylation sites (tertiary alicyclic amines) is 1. The van der Waals surface area contributed by atoms with Crippen molar-refractivity contribution in [3.8, 4) is 0 Å². The molecule has 1 aliphatic heterocycles. The van der Waals surface area contributed by atoms with Crippen molar-refractivity contribution in [1.29, 1.82) is 0 Å². The molecule has 2 heterocycles. The van der Waals surface area contributed by atoms with E-state index in [2.05, 4.69) is 23.3 Å². The Labute approximate surface area is 178 Å². The number of H-pyrrole nitrogens is 1. The molecule has 0 saturated carbocycles. The van der Waals surface area contributed by atoms with Crippen molar-refractivity contribution in [3.63, 3.8) is 0 Å². The number of rotatable bonds is 2. The molecule has 0 bridgehead atoms. The van der Waals surface area contributed by atoms with Crippen LogP contribution in [0.5, 0.6) is 0 Å². The van der Waals surface area contributed by atoms with Crippen molar-refractivity contribution in [2.45, 2.75) is 71.4 Å². The van der Waals surface area contributed by atoms with E-state index >= 15 is 0 Å². The molecule has 2 aromatic rings. The predicted octanol–water partition coefficient (Wildman–Crippen LogP) is 4.42. The van der Waals surface area contributed by atoms with Crippen molar-refractivity contribution < 1.29 is 14.3 Å². The van der Waals surface area contributed by atoms with E-state index in [0.717, 1.165) is 36.8 Å². The van der Waals surface area contributed by atoms with Crippen LogP contribution >= 0.6 is 0 Å². The van der Waals surface area contributed by atoms with Crippen LogP contribution < -0.4 is 5.32 Å². The number of aromatic nitrogens is 1. The summed E-state index contributed by atoms with van der Waals surface area (Å²) in [5.41, 5.74) is 3.91. The van der Waals surface area contributed by atoms with Gasteiger partial charge in [0.2, 0.25) is 0 Å². The largest absolute Gasteiger partial charge is 0.444 e. The molecule has 2 amide bonds. The average Bonchev–Trinajstić information content (AvgIpc) is 3.04. The number of ether oxygens (including phenoxy) is 1. The van der Waals surface area contributed by atoms with Gasteiger partial charge >= 0.3 is 6.09 Å². The molecule has 30 heavy (non-hydrogen) atoms. The number of nitrogens with one attached hydrogen (secondary N) is 2. The van der Waals surface area contributed by atoms with Crippen LogP contribution in [0, 0.1) is 5.92 Å². The minimum absolute atomic E-state index is 0.0407. The van der Waals surface area contributed by atoms with Crippen LogP contribution in [-0.4, -0.2) is 46.6 Å². The van der Waals surface area contributed by atoms with Crippen LogP contribution in [0.3, 0.4) is 0 Å². The maximum absolute atomic E-state index is 13.3. The number of alkyl carbamates (subject to hydrolysis) is 1. The SMILES string of the molecule is CC1CCc2[nH]c3c(C(=O)N4CCC(NC(=O)OC(C)(C)C)CC4)cccc3c2C1. The summed E-state index contributed by atoms with van der Waals surface area (Å²) < 4.78 is 5.34. The molecule has 1 fully saturated rings. The minimum atomic E-state index is -0.508. The Bertz CT molecular complexity index is 948. The average molecular weight is 412 g/mol. The van der Waals surface area contributed by atoms with Crippen LogP contribution in [0.2, 0.25) is 0 Å². The maximum atomic E-state index is 13.3. The highest BCUT2D eigenvalue weighted by Gasteiger charge is 2.28. The molecule has 6 nitrogen and oxygen atoms in total. The zero-order chi connectivity index (χ0) is 21.5. The summed E-state index contributed by atoms with van der Waals surface area (Å²) in [6.07, 6.45) is 4.42. The molecule has 4 rings (SSSR count). The Balaban J connectivity index is 1.44. The number of carbonyl (C=O) groups excluding carboxylic acids is 2. The van der Waals surface area contributed by atoms with Gasteiger partial charge in [-0.15, -0.1) is 0 Å². The van der Waals surface area contributed by atoms with E-state index in [4.69, 9.17) is 4.74 Å². The van der Waals surface area contributed by atoms with Crippen molar-refractivity contribution in [2.24, 2.45) is 5.92 Å². The highest BCUT2D eigenvalue weighted by atomic mass is 16.6. The Kier molecular flexibility index (Phi) is 5.51. The van der Waals surface area contributed by atoms with E-state index in [9.17, 15) is 9.59 Å². The van der Waals surface area contributed by atoms with Crippen LogP contribution in [0.1, 0.15) is 68.6 Å². The minimum Gasteiger partial charge on any atom is -0.444 e. The molecule has 1 aliphatic carbocycles. The number of amides is 2. The molecule has 1 aromatic heterocycles. The molecule has 6 heteroatoms. The van der Waals surface area contributed by atoms with E-state index in [1.807, 2.05) is 37.8 Å². The van der Waals surface area contributed by atoms with E-state index in [-0.39, 0.29) is 18.0 Å². The highest BCUT2D eigenvalue weighted by molar-refractivity contribution is 6.06. The summed E-state index contributed by atoms with van der Waals surface area (Å²) in [7, 11) is 0. The van der Waals surface area contributed by atoms with E-state index in [1.54, 1.807) is 0 Å². The fraction of sp³-hybridized carbons (Fsp3) is 0.583. The molecular weight excluding hydrogens is 378 g/mol. The van der Waals surface area contributed by atoms with Gasteiger partial charge in [-0.1, -0.05) is 19.1 Å². The van der Waals surface area contributed by atoms with Crippen molar-refractivity contribution >= 4 is 22.9 Å². The lowest BCUT2D eigenvalue weighted by atomic mass is 9.87. The van der Waals surface area contributed by atoms with Gasteiger partial charge in [-0.05, 0) is 70.4 Å². The number of para-hydroxylation sites is 1. The van der Waals surface area contributed by atoms with Gasteiger partial charge in [-0.25, -0.2) is 4.79 Å². The number of hydrogen-bond acceptors (Lipinski definition) is 3. The quantitative estimate of drug-likeness (QED) is 0.768. The molecule has 2 aliphatic rings. The first kappa shape index (κ1) is 20.8. The number of carbonyl (C=O) groups is 2. The maximum Gasteiger partial charge on any atom is 0.407 e. The van der Waals surface area contributed by atoms with Gasteiger partial charge in [0.25, 0.3) is 5.91 Å². The number of aromatic amines is 1. The number of piperidine rings is 1. The van der Waals surface area contributed by atoms with E-state index in [1.165, 1.54) is 23.1 Å². The van der Waals surface area contributed by atoms with Crippen LogP contribution in [-0.2, 0) is 17.6 Å². The molecule has 162 valence electrons. The van der Waals surface area contributed by atoms with E-state index < -0.39 is 5.60 Å². The van der Waals surface area contributed by atoms with Crippen LogP contribution in [0.15, 0.2) is 18.2 Å².